The monoisotopic (exact) mass is 422 g/mol. The van der Waals surface area contributed by atoms with Gasteiger partial charge in [0, 0.05) is 53.8 Å². The lowest BCUT2D eigenvalue weighted by Crippen LogP contribution is -2.25. The number of rotatable bonds is 8. The van der Waals surface area contributed by atoms with Crippen LogP contribution in [-0.2, 0) is 0 Å². The molecule has 0 bridgehead atoms. The number of allylic oxidation sites excluding steroid dienone is 2. The molecule has 0 unspecified atom stereocenters. The highest BCUT2D eigenvalue weighted by Gasteiger charge is 2.32. The van der Waals surface area contributed by atoms with E-state index in [9.17, 15) is 14.7 Å². The zero-order chi connectivity index (χ0) is 22.7. The van der Waals surface area contributed by atoms with Crippen molar-refractivity contribution in [2.75, 3.05) is 7.05 Å². The minimum absolute atomic E-state index is 0.0448. The minimum atomic E-state index is -1.21. The Labute approximate surface area is 182 Å². The highest BCUT2D eigenvalue weighted by Crippen LogP contribution is 2.39. The fraction of sp³-hybridized carbons (Fsp3) is 0.458. The van der Waals surface area contributed by atoms with Crippen LogP contribution in [-0.4, -0.2) is 38.6 Å². The van der Waals surface area contributed by atoms with Gasteiger partial charge in [-0.25, -0.2) is 4.79 Å². The fourth-order valence-electron chi connectivity index (χ4n) is 4.25. The van der Waals surface area contributed by atoms with Crippen molar-refractivity contribution < 1.29 is 9.90 Å². The number of nitrogens with zero attached hydrogens (tertiary/aromatic N) is 4. The topological polar surface area (TPSA) is 97.4 Å². The Hall–Kier alpha value is -3.09. The summed E-state index contributed by atoms with van der Waals surface area (Å²) in [6, 6.07) is 3.40. The molecular weight excluding hydrogens is 392 g/mol. The number of aromatic carboxylic acids is 1. The van der Waals surface area contributed by atoms with Crippen molar-refractivity contribution in [1.82, 2.24) is 14.8 Å². The van der Waals surface area contributed by atoms with Gasteiger partial charge in [-0.1, -0.05) is 20.8 Å². The van der Waals surface area contributed by atoms with E-state index >= 15 is 0 Å². The third-order valence-electron chi connectivity index (χ3n) is 5.95. The number of hydrogen-bond donors (Lipinski definition) is 1. The summed E-state index contributed by atoms with van der Waals surface area (Å²) in [5.41, 5.74) is 3.70. The highest BCUT2D eigenvalue weighted by atomic mass is 16.4. The molecule has 1 saturated carbocycles. The lowest BCUT2D eigenvalue weighted by molar-refractivity contribution is 0.0694. The summed E-state index contributed by atoms with van der Waals surface area (Å²) in [7, 11) is 1.79. The first-order valence-corrected chi connectivity index (χ1v) is 10.7. The van der Waals surface area contributed by atoms with Gasteiger partial charge in [-0.2, -0.15) is 10.2 Å². The van der Waals surface area contributed by atoms with Crippen LogP contribution in [0.4, 0.5) is 0 Å². The Morgan fingerprint density at radius 3 is 2.52 bits per heavy atom. The quantitative estimate of drug-likeness (QED) is 0.638. The first-order chi connectivity index (χ1) is 14.8. The van der Waals surface area contributed by atoms with Crippen LogP contribution in [0.3, 0.4) is 0 Å². The van der Waals surface area contributed by atoms with Gasteiger partial charge in [0.25, 0.3) is 0 Å². The Balaban J connectivity index is 2.36. The van der Waals surface area contributed by atoms with E-state index in [2.05, 4.69) is 36.0 Å². The van der Waals surface area contributed by atoms with Crippen LogP contribution >= 0.6 is 0 Å². The standard InChI is InChI=1S/C24H30N4O3/c1-6-19(14(2)3)28-13-18(24(30)31)21(29)11-20(28)15(4)22(17-9-10-26-27-12-17)23(25-5)16-7-8-16/h9-14,16,19H,6-8H2,1-5H3,(H,30,31)/b22-15+,25-23?/t19-/m0/s1. The Kier molecular flexibility index (Phi) is 6.83. The molecule has 1 fully saturated rings. The number of carboxylic acids is 1. The van der Waals surface area contributed by atoms with Crippen LogP contribution in [0.15, 0.2) is 40.5 Å². The largest absolute Gasteiger partial charge is 0.477 e. The lowest BCUT2D eigenvalue weighted by Gasteiger charge is -2.28. The van der Waals surface area contributed by atoms with Crippen LogP contribution in [0.1, 0.15) is 74.6 Å². The smallest absolute Gasteiger partial charge is 0.341 e. The molecule has 3 rings (SSSR count). The van der Waals surface area contributed by atoms with Crippen molar-refractivity contribution in [3.05, 3.63) is 57.8 Å². The molecule has 0 saturated heterocycles. The maximum atomic E-state index is 12.7. The third kappa shape index (κ3) is 4.65. The van der Waals surface area contributed by atoms with Crippen LogP contribution in [0.25, 0.3) is 11.1 Å². The van der Waals surface area contributed by atoms with E-state index in [1.165, 1.54) is 12.3 Å². The second kappa shape index (κ2) is 9.37. The van der Waals surface area contributed by atoms with Gasteiger partial charge < -0.3 is 9.67 Å². The molecule has 2 aromatic heterocycles. The number of carbonyl (C=O) groups is 1. The molecule has 0 radical (unpaired) electrons. The second-order valence-corrected chi connectivity index (χ2v) is 8.38. The maximum absolute atomic E-state index is 12.7. The molecule has 0 aliphatic heterocycles. The van der Waals surface area contributed by atoms with E-state index in [-0.39, 0.29) is 17.5 Å². The van der Waals surface area contributed by atoms with Crippen molar-refractivity contribution in [2.24, 2.45) is 16.8 Å². The molecule has 164 valence electrons. The Morgan fingerprint density at radius 2 is 2.03 bits per heavy atom. The number of carboxylic acid groups (broad SMARTS) is 1. The predicted octanol–water partition coefficient (Wildman–Crippen LogP) is 4.36. The fourth-order valence-corrected chi connectivity index (χ4v) is 4.25. The van der Waals surface area contributed by atoms with Gasteiger partial charge in [0.15, 0.2) is 5.43 Å². The first-order valence-electron chi connectivity index (χ1n) is 10.7. The van der Waals surface area contributed by atoms with Gasteiger partial charge in [0.05, 0.1) is 12.4 Å². The van der Waals surface area contributed by atoms with E-state index in [0.29, 0.717) is 11.6 Å². The number of aromatic nitrogens is 3. The van der Waals surface area contributed by atoms with Gasteiger partial charge in [-0.3, -0.25) is 9.79 Å². The molecule has 1 aliphatic carbocycles. The Morgan fingerprint density at radius 1 is 1.32 bits per heavy atom. The second-order valence-electron chi connectivity index (χ2n) is 8.38. The van der Waals surface area contributed by atoms with E-state index < -0.39 is 11.4 Å². The summed E-state index contributed by atoms with van der Waals surface area (Å²) >= 11 is 0. The van der Waals surface area contributed by atoms with Crippen LogP contribution in [0.5, 0.6) is 0 Å². The summed E-state index contributed by atoms with van der Waals surface area (Å²) in [5.74, 6) is -0.568. The molecule has 1 aliphatic rings. The third-order valence-corrected chi connectivity index (χ3v) is 5.95. The molecule has 1 atom stereocenters. The lowest BCUT2D eigenvalue weighted by atomic mass is 9.91. The molecule has 7 heteroatoms. The average Bonchev–Trinajstić information content (AvgIpc) is 3.58. The SMILES string of the molecule is CC[C@@H](C(C)C)n1cc(C(=O)O)c(=O)cc1/C(C)=C(/C(=NC)C1CC1)c1ccnnc1. The van der Waals surface area contributed by atoms with Crippen molar-refractivity contribution in [3.8, 4) is 0 Å². The van der Waals surface area contributed by atoms with Gasteiger partial charge in [-0.15, -0.1) is 0 Å². The zero-order valence-electron chi connectivity index (χ0n) is 18.8. The molecule has 0 spiro atoms. The first kappa shape index (κ1) is 22.6. The maximum Gasteiger partial charge on any atom is 0.341 e. The van der Waals surface area contributed by atoms with E-state index in [0.717, 1.165) is 41.7 Å². The number of hydrogen-bond acceptors (Lipinski definition) is 5. The van der Waals surface area contributed by atoms with Gasteiger partial charge in [-0.05, 0) is 43.7 Å². The molecule has 31 heavy (non-hydrogen) atoms. The van der Waals surface area contributed by atoms with Crippen LogP contribution in [0, 0.1) is 11.8 Å². The average molecular weight is 423 g/mol. The van der Waals surface area contributed by atoms with Crippen molar-refractivity contribution in [3.63, 3.8) is 0 Å². The zero-order valence-corrected chi connectivity index (χ0v) is 18.8. The van der Waals surface area contributed by atoms with E-state index in [1.807, 2.05) is 17.6 Å². The van der Waals surface area contributed by atoms with Crippen LogP contribution < -0.4 is 5.43 Å². The van der Waals surface area contributed by atoms with E-state index in [1.54, 1.807) is 19.4 Å². The summed E-state index contributed by atoms with van der Waals surface area (Å²) in [5, 5.41) is 17.5. The summed E-state index contributed by atoms with van der Waals surface area (Å²) in [6.07, 6.45) is 7.82. The minimum Gasteiger partial charge on any atom is -0.477 e. The molecule has 0 aromatic carbocycles. The molecule has 7 nitrogen and oxygen atoms in total. The highest BCUT2D eigenvalue weighted by molar-refractivity contribution is 6.31. The number of aliphatic imine (C=N–C) groups is 1. The molecule has 2 aromatic rings. The van der Waals surface area contributed by atoms with Gasteiger partial charge in [0.2, 0.25) is 0 Å². The van der Waals surface area contributed by atoms with E-state index in [4.69, 9.17) is 0 Å². The molecule has 1 N–H and O–H groups in total. The van der Waals surface area contributed by atoms with Crippen molar-refractivity contribution >= 4 is 22.8 Å². The van der Waals surface area contributed by atoms with Crippen molar-refractivity contribution in [2.45, 2.75) is 53.0 Å². The van der Waals surface area contributed by atoms with Crippen molar-refractivity contribution in [1.29, 1.82) is 0 Å². The number of pyridine rings is 1. The predicted molar refractivity (Wildman–Crippen MR) is 122 cm³/mol. The summed E-state index contributed by atoms with van der Waals surface area (Å²) in [6.45, 7) is 8.25. The van der Waals surface area contributed by atoms with Gasteiger partial charge in [0.1, 0.15) is 5.56 Å². The normalized spacial score (nSPS) is 16.3. The van der Waals surface area contributed by atoms with Crippen LogP contribution in [0.2, 0.25) is 0 Å². The molecule has 2 heterocycles. The van der Waals surface area contributed by atoms with Gasteiger partial charge >= 0.3 is 5.97 Å². The molecule has 0 amide bonds. The summed E-state index contributed by atoms with van der Waals surface area (Å²) in [4.78, 5) is 29.0. The molecular formula is C24H30N4O3. The summed E-state index contributed by atoms with van der Waals surface area (Å²) < 4.78 is 1.96. The Bertz CT molecular complexity index is 1080.